The van der Waals surface area contributed by atoms with E-state index in [-0.39, 0.29) is 0 Å². The van der Waals surface area contributed by atoms with Crippen LogP contribution in [0.15, 0.2) is 87.8 Å². The number of hydrogen-bond donors (Lipinski definition) is 1. The first-order valence-corrected chi connectivity index (χ1v) is 11.0. The first-order valence-electron chi connectivity index (χ1n) is 11.0. The highest BCUT2D eigenvalue weighted by Crippen LogP contribution is 2.31. The highest BCUT2D eigenvalue weighted by atomic mass is 16.5. The van der Waals surface area contributed by atoms with Crippen LogP contribution in [0.25, 0.3) is 33.7 Å². The number of carboxylic acid groups (broad SMARTS) is 1. The predicted octanol–water partition coefficient (Wildman–Crippen LogP) is 5.79. The lowest BCUT2D eigenvalue weighted by Gasteiger charge is -2.09. The number of rotatable bonds is 8. The Labute approximate surface area is 195 Å². The van der Waals surface area contributed by atoms with Crippen molar-refractivity contribution >= 4 is 16.9 Å². The number of benzene rings is 3. The summed E-state index contributed by atoms with van der Waals surface area (Å²) in [5.41, 5.74) is 4.05. The summed E-state index contributed by atoms with van der Waals surface area (Å²) < 4.78 is 17.1. The number of ether oxygens (including phenoxy) is 1. The summed E-state index contributed by atoms with van der Waals surface area (Å²) in [7, 11) is 0. The molecule has 0 aliphatic carbocycles. The molecule has 2 heterocycles. The van der Waals surface area contributed by atoms with Gasteiger partial charge in [0.15, 0.2) is 17.4 Å². The van der Waals surface area contributed by atoms with Gasteiger partial charge in [0.25, 0.3) is 0 Å². The molecule has 0 aliphatic rings. The lowest BCUT2D eigenvalue weighted by Crippen LogP contribution is -2.22. The van der Waals surface area contributed by atoms with Crippen LogP contribution in [0.5, 0.6) is 5.75 Å². The molecule has 2 aromatic heterocycles. The van der Waals surface area contributed by atoms with Crippen LogP contribution in [0.4, 0.5) is 0 Å². The van der Waals surface area contributed by atoms with Gasteiger partial charge >= 0.3 is 5.97 Å². The lowest BCUT2D eigenvalue weighted by atomic mass is 10.1. The minimum Gasteiger partial charge on any atom is -0.479 e. The summed E-state index contributed by atoms with van der Waals surface area (Å²) in [6.45, 7) is 1.48. The largest absolute Gasteiger partial charge is 0.479 e. The van der Waals surface area contributed by atoms with Crippen molar-refractivity contribution in [3.63, 3.8) is 0 Å². The van der Waals surface area contributed by atoms with Crippen molar-refractivity contribution in [3.05, 3.63) is 90.3 Å². The molecule has 1 atom stereocenters. The Bertz CT molecular complexity index is 1420. The van der Waals surface area contributed by atoms with Crippen LogP contribution in [0.1, 0.15) is 18.3 Å². The molecule has 170 valence electrons. The Morgan fingerprint density at radius 3 is 2.32 bits per heavy atom. The van der Waals surface area contributed by atoms with Gasteiger partial charge < -0.3 is 18.8 Å². The smallest absolute Gasteiger partial charge is 0.344 e. The first-order chi connectivity index (χ1) is 16.6. The summed E-state index contributed by atoms with van der Waals surface area (Å²) in [6.07, 6.45) is 0.248. The van der Waals surface area contributed by atoms with Crippen molar-refractivity contribution in [2.45, 2.75) is 25.9 Å². The van der Waals surface area contributed by atoms with Gasteiger partial charge in [0.1, 0.15) is 5.75 Å². The number of oxazole rings is 1. The van der Waals surface area contributed by atoms with Crippen LogP contribution in [0.2, 0.25) is 0 Å². The molecule has 5 aromatic rings. The first kappa shape index (κ1) is 21.5. The maximum atomic E-state index is 11.0. The van der Waals surface area contributed by atoms with Crippen molar-refractivity contribution < 1.29 is 23.6 Å². The number of hydrogen-bond acceptors (Lipinski definition) is 6. The molecule has 1 N–H and O–H groups in total. The molecule has 0 saturated carbocycles. The zero-order valence-electron chi connectivity index (χ0n) is 18.5. The van der Waals surface area contributed by atoms with E-state index in [1.807, 2.05) is 66.7 Å². The van der Waals surface area contributed by atoms with Gasteiger partial charge in [-0.15, -0.1) is 0 Å². The number of aryl methyl sites for hydroxylation is 2. The maximum Gasteiger partial charge on any atom is 0.344 e. The normalized spacial score (nSPS) is 12.0. The van der Waals surface area contributed by atoms with E-state index in [4.69, 9.17) is 23.8 Å². The minimum atomic E-state index is -1.03. The average molecular weight is 454 g/mol. The Morgan fingerprint density at radius 2 is 1.62 bits per heavy atom. The van der Waals surface area contributed by atoms with Crippen molar-refractivity contribution in [1.29, 1.82) is 0 Å². The van der Waals surface area contributed by atoms with Gasteiger partial charge in [-0.25, -0.2) is 9.78 Å². The molecule has 0 spiro atoms. The lowest BCUT2D eigenvalue weighted by molar-refractivity contribution is -0.144. The van der Waals surface area contributed by atoms with Crippen molar-refractivity contribution in [2.75, 3.05) is 0 Å². The fraction of sp³-hybridized carbons (Fsp3) is 0.148. The van der Waals surface area contributed by atoms with Gasteiger partial charge in [0, 0.05) is 22.6 Å². The van der Waals surface area contributed by atoms with Crippen molar-refractivity contribution in [3.8, 4) is 28.5 Å². The summed E-state index contributed by atoms with van der Waals surface area (Å²) in [5, 5.41) is 14.1. The molecule has 5 rings (SSSR count). The van der Waals surface area contributed by atoms with Gasteiger partial charge in [-0.3, -0.25) is 0 Å². The van der Waals surface area contributed by atoms with E-state index < -0.39 is 12.1 Å². The number of aliphatic carboxylic acids is 1. The van der Waals surface area contributed by atoms with Gasteiger partial charge in [-0.2, -0.15) is 0 Å². The van der Waals surface area contributed by atoms with E-state index in [1.54, 1.807) is 12.1 Å². The van der Waals surface area contributed by atoms with Gasteiger partial charge in [0.05, 0.1) is 11.4 Å². The zero-order valence-corrected chi connectivity index (χ0v) is 18.5. The third-order valence-corrected chi connectivity index (χ3v) is 5.53. The Balaban J connectivity index is 1.41. The quantitative estimate of drug-likeness (QED) is 0.317. The Kier molecular flexibility index (Phi) is 5.82. The monoisotopic (exact) mass is 454 g/mol. The maximum absolute atomic E-state index is 11.0. The average Bonchev–Trinajstić information content (AvgIpc) is 3.48. The fourth-order valence-electron chi connectivity index (χ4n) is 3.76. The van der Waals surface area contributed by atoms with Crippen LogP contribution in [0, 0.1) is 0 Å². The van der Waals surface area contributed by atoms with Crippen LogP contribution in [0.3, 0.4) is 0 Å². The minimum absolute atomic E-state index is 0.417. The second-order valence-electron chi connectivity index (χ2n) is 7.91. The third-order valence-electron chi connectivity index (χ3n) is 5.53. The summed E-state index contributed by atoms with van der Waals surface area (Å²) in [5.74, 6) is 0.704. The van der Waals surface area contributed by atoms with E-state index in [2.05, 4.69) is 5.16 Å². The summed E-state index contributed by atoms with van der Waals surface area (Å²) in [4.78, 5) is 15.8. The third kappa shape index (κ3) is 4.41. The van der Waals surface area contributed by atoms with E-state index >= 15 is 0 Å². The van der Waals surface area contributed by atoms with Crippen molar-refractivity contribution in [1.82, 2.24) is 10.1 Å². The Morgan fingerprint density at radius 1 is 0.941 bits per heavy atom. The SMILES string of the molecule is CC(Oc1ccc2c(CCc3nc(-c4ccccc4)oc3-c3ccccc3)noc2c1)C(=O)O. The Hall–Kier alpha value is -4.39. The van der Waals surface area contributed by atoms with Crippen LogP contribution >= 0.6 is 0 Å². The number of fused-ring (bicyclic) bond motifs is 1. The molecule has 0 saturated heterocycles. The molecule has 0 aliphatic heterocycles. The molecule has 34 heavy (non-hydrogen) atoms. The highest BCUT2D eigenvalue weighted by Gasteiger charge is 2.19. The molecule has 0 radical (unpaired) electrons. The molecular formula is C27H22N2O5. The van der Waals surface area contributed by atoms with Gasteiger partial charge in [-0.1, -0.05) is 53.7 Å². The topological polar surface area (TPSA) is 98.6 Å². The summed E-state index contributed by atoms with van der Waals surface area (Å²) >= 11 is 0. The molecule has 0 fully saturated rings. The summed E-state index contributed by atoms with van der Waals surface area (Å²) in [6, 6.07) is 25.0. The fourth-order valence-corrected chi connectivity index (χ4v) is 3.76. The van der Waals surface area contributed by atoms with E-state index in [0.29, 0.717) is 30.1 Å². The highest BCUT2D eigenvalue weighted by molar-refractivity contribution is 5.81. The van der Waals surface area contributed by atoms with Crippen LogP contribution in [-0.4, -0.2) is 27.3 Å². The molecule has 0 amide bonds. The zero-order chi connectivity index (χ0) is 23.5. The van der Waals surface area contributed by atoms with E-state index in [9.17, 15) is 4.79 Å². The molecule has 7 heteroatoms. The molecule has 1 unspecified atom stereocenters. The number of aromatic nitrogens is 2. The van der Waals surface area contributed by atoms with Gasteiger partial charge in [-0.05, 0) is 44.0 Å². The van der Waals surface area contributed by atoms with E-state index in [1.165, 1.54) is 6.92 Å². The molecule has 0 bridgehead atoms. The molecular weight excluding hydrogens is 432 g/mol. The second-order valence-corrected chi connectivity index (χ2v) is 7.91. The number of carboxylic acids is 1. The standard InChI is InChI=1S/C27H22N2O5/c1-17(27(30)31)32-20-12-13-21-22(29-34-24(21)16-20)14-15-23-25(18-8-4-2-5-9-18)33-26(28-23)19-10-6-3-7-11-19/h2-13,16-17H,14-15H2,1H3,(H,30,31). The van der Waals surface area contributed by atoms with Gasteiger partial charge in [0.2, 0.25) is 5.89 Å². The van der Waals surface area contributed by atoms with Crippen LogP contribution in [-0.2, 0) is 17.6 Å². The second kappa shape index (κ2) is 9.23. The van der Waals surface area contributed by atoms with Crippen molar-refractivity contribution in [2.24, 2.45) is 0 Å². The van der Waals surface area contributed by atoms with Crippen LogP contribution < -0.4 is 4.74 Å². The number of carbonyl (C=O) groups is 1. The predicted molar refractivity (Wildman–Crippen MR) is 127 cm³/mol. The molecule has 7 nitrogen and oxygen atoms in total. The van der Waals surface area contributed by atoms with E-state index in [0.717, 1.165) is 33.7 Å². The molecule has 3 aromatic carbocycles. The number of nitrogens with zero attached hydrogens (tertiary/aromatic N) is 2.